The highest BCUT2D eigenvalue weighted by atomic mass is 16.5. The number of hydrogen-bond acceptors (Lipinski definition) is 6. The maximum Gasteiger partial charge on any atom is 0.411 e. The van der Waals surface area contributed by atoms with Crippen LogP contribution in [0.1, 0.15) is 45.5 Å². The van der Waals surface area contributed by atoms with Gasteiger partial charge in [0.2, 0.25) is 0 Å². The lowest BCUT2D eigenvalue weighted by Gasteiger charge is -2.15. The number of amides is 1. The molecule has 0 saturated heterocycles. The van der Waals surface area contributed by atoms with Gasteiger partial charge in [-0.15, -0.1) is 0 Å². The number of ether oxygens (including phenoxy) is 1. The van der Waals surface area contributed by atoms with Gasteiger partial charge in [0.15, 0.2) is 5.78 Å². The summed E-state index contributed by atoms with van der Waals surface area (Å²) in [5.41, 5.74) is 12.6. The number of methoxy groups -OCH3 is 1. The first-order valence-corrected chi connectivity index (χ1v) is 11.1. The summed E-state index contributed by atoms with van der Waals surface area (Å²) in [4.78, 5) is 33.1. The first-order valence-electron chi connectivity index (χ1n) is 11.1. The molecule has 1 atom stereocenters. The third-order valence-corrected chi connectivity index (χ3v) is 5.86. The molecule has 8 heteroatoms. The molecule has 0 aliphatic carbocycles. The average molecular weight is 486 g/mol. The van der Waals surface area contributed by atoms with E-state index < -0.39 is 6.09 Å². The summed E-state index contributed by atoms with van der Waals surface area (Å²) in [5, 5.41) is 2.65. The van der Waals surface area contributed by atoms with Crippen molar-refractivity contribution in [1.82, 2.24) is 14.5 Å². The molecule has 3 aromatic heterocycles. The molecule has 3 N–H and O–H groups in total. The van der Waals surface area contributed by atoms with Gasteiger partial charge in [0.1, 0.15) is 0 Å². The van der Waals surface area contributed by atoms with Crippen LogP contribution in [-0.2, 0) is 9.53 Å². The molecule has 1 amide bonds. The summed E-state index contributed by atoms with van der Waals surface area (Å²) in [5.74, 6) is -0.115. The van der Waals surface area contributed by atoms with Crippen molar-refractivity contribution in [3.8, 4) is 11.1 Å². The molecule has 3 heterocycles. The SMILES string of the molecule is C.COC(=O)Nc1ccc(-c2cn([C@@H](C)c3ccccn3)c3cc(C(C(C)=O)=C(C)N)cnc23)cc1. The second-order valence-electron chi connectivity index (χ2n) is 8.28. The van der Waals surface area contributed by atoms with Gasteiger partial charge in [0, 0.05) is 46.7 Å². The number of ketones is 1. The van der Waals surface area contributed by atoms with Crippen molar-refractivity contribution >= 4 is 34.2 Å². The molecular formula is C28H31N5O3. The molecule has 0 bridgehead atoms. The lowest BCUT2D eigenvalue weighted by atomic mass is 10.0. The molecule has 0 spiro atoms. The van der Waals surface area contributed by atoms with Crippen LogP contribution in [0.2, 0.25) is 0 Å². The zero-order valence-electron chi connectivity index (χ0n) is 20.1. The predicted molar refractivity (Wildman–Crippen MR) is 143 cm³/mol. The molecule has 4 aromatic rings. The number of fused-ring (bicyclic) bond motifs is 1. The number of pyridine rings is 2. The summed E-state index contributed by atoms with van der Waals surface area (Å²) >= 11 is 0. The zero-order chi connectivity index (χ0) is 25.1. The monoisotopic (exact) mass is 485 g/mol. The zero-order valence-corrected chi connectivity index (χ0v) is 20.1. The van der Waals surface area contributed by atoms with Gasteiger partial charge in [-0.3, -0.25) is 20.1 Å². The number of rotatable bonds is 6. The minimum Gasteiger partial charge on any atom is -0.453 e. The molecule has 4 rings (SSSR count). The number of nitrogens with two attached hydrogens (primary N) is 1. The Morgan fingerprint density at radius 2 is 1.81 bits per heavy atom. The molecule has 8 nitrogen and oxygen atoms in total. The first-order chi connectivity index (χ1) is 16.8. The van der Waals surface area contributed by atoms with Crippen LogP contribution in [0.15, 0.2) is 72.8 Å². The van der Waals surface area contributed by atoms with Crippen molar-refractivity contribution in [3.63, 3.8) is 0 Å². The van der Waals surface area contributed by atoms with Crippen molar-refractivity contribution < 1.29 is 14.3 Å². The molecule has 0 aliphatic heterocycles. The van der Waals surface area contributed by atoms with Crippen LogP contribution >= 0.6 is 0 Å². The van der Waals surface area contributed by atoms with Gasteiger partial charge in [-0.05, 0) is 56.7 Å². The molecular weight excluding hydrogens is 454 g/mol. The van der Waals surface area contributed by atoms with E-state index in [-0.39, 0.29) is 19.3 Å². The number of carbonyl (C=O) groups excluding carboxylic acids is 2. The Hall–Kier alpha value is -4.46. The number of aromatic nitrogens is 3. The van der Waals surface area contributed by atoms with E-state index in [0.29, 0.717) is 22.5 Å². The largest absolute Gasteiger partial charge is 0.453 e. The predicted octanol–water partition coefficient (Wildman–Crippen LogP) is 5.80. The average Bonchev–Trinajstić information content (AvgIpc) is 3.23. The van der Waals surface area contributed by atoms with Gasteiger partial charge >= 0.3 is 6.09 Å². The number of allylic oxidation sites excluding steroid dienone is 2. The number of Topliss-reactive ketones (excluding diaryl/α,β-unsaturated/α-hetero) is 1. The maximum atomic E-state index is 12.3. The van der Waals surface area contributed by atoms with Gasteiger partial charge in [0.05, 0.1) is 29.9 Å². The van der Waals surface area contributed by atoms with Gasteiger partial charge in [-0.2, -0.15) is 0 Å². The minimum atomic E-state index is -0.530. The number of benzene rings is 1. The highest BCUT2D eigenvalue weighted by Gasteiger charge is 2.20. The van der Waals surface area contributed by atoms with Crippen LogP contribution in [0, 0.1) is 0 Å². The van der Waals surface area contributed by atoms with Crippen molar-refractivity contribution in [2.45, 2.75) is 34.2 Å². The molecule has 0 radical (unpaired) electrons. The van der Waals surface area contributed by atoms with E-state index in [2.05, 4.69) is 26.5 Å². The third-order valence-electron chi connectivity index (χ3n) is 5.86. The third kappa shape index (κ3) is 5.12. The van der Waals surface area contributed by atoms with Gasteiger partial charge in [-0.25, -0.2) is 4.79 Å². The fraction of sp³-hybridized carbons (Fsp3) is 0.214. The van der Waals surface area contributed by atoms with E-state index in [1.54, 1.807) is 31.5 Å². The fourth-order valence-electron chi connectivity index (χ4n) is 4.17. The Labute approximate surface area is 210 Å². The standard InChI is InChI=1S/C27H27N5O3.CH4/c1-16(28)25(18(3)33)20-13-24-26(30-14-20)22(15-32(24)17(2)23-7-5-6-12-29-23)19-8-10-21(11-9-19)31-27(34)35-4;/h5-15,17H,28H2,1-4H3,(H,31,34);1H4/t17-;/m0./s1. The van der Waals surface area contributed by atoms with Crippen molar-refractivity contribution in [1.29, 1.82) is 0 Å². The summed E-state index contributed by atoms with van der Waals surface area (Å²) < 4.78 is 6.76. The van der Waals surface area contributed by atoms with Gasteiger partial charge < -0.3 is 15.0 Å². The molecule has 186 valence electrons. The van der Waals surface area contributed by atoms with Crippen LogP contribution < -0.4 is 11.1 Å². The van der Waals surface area contributed by atoms with Crippen LogP contribution in [0.5, 0.6) is 0 Å². The van der Waals surface area contributed by atoms with E-state index in [1.165, 1.54) is 14.0 Å². The van der Waals surface area contributed by atoms with Crippen molar-refractivity contribution in [2.75, 3.05) is 12.4 Å². The van der Waals surface area contributed by atoms with Gasteiger partial charge in [-0.1, -0.05) is 25.6 Å². The highest BCUT2D eigenvalue weighted by molar-refractivity contribution is 6.20. The molecule has 0 saturated carbocycles. The lowest BCUT2D eigenvalue weighted by molar-refractivity contribution is -0.111. The van der Waals surface area contributed by atoms with Crippen LogP contribution in [0.3, 0.4) is 0 Å². The number of anilines is 1. The number of nitrogens with one attached hydrogen (secondary N) is 1. The lowest BCUT2D eigenvalue weighted by Crippen LogP contribution is -2.10. The smallest absolute Gasteiger partial charge is 0.411 e. The Morgan fingerprint density at radius 3 is 2.39 bits per heavy atom. The van der Waals surface area contributed by atoms with E-state index in [0.717, 1.165) is 27.9 Å². The summed E-state index contributed by atoms with van der Waals surface area (Å²) in [6, 6.07) is 15.1. The molecule has 36 heavy (non-hydrogen) atoms. The van der Waals surface area contributed by atoms with Gasteiger partial charge in [0.25, 0.3) is 0 Å². The summed E-state index contributed by atoms with van der Waals surface area (Å²) in [7, 11) is 1.32. The number of hydrogen-bond donors (Lipinski definition) is 2. The van der Waals surface area contributed by atoms with E-state index >= 15 is 0 Å². The van der Waals surface area contributed by atoms with E-state index in [9.17, 15) is 9.59 Å². The van der Waals surface area contributed by atoms with Crippen molar-refractivity contribution in [3.05, 3.63) is 84.1 Å². The molecule has 1 aromatic carbocycles. The second kappa shape index (κ2) is 10.9. The van der Waals surface area contributed by atoms with Crippen molar-refractivity contribution in [2.24, 2.45) is 5.73 Å². The maximum absolute atomic E-state index is 12.3. The van der Waals surface area contributed by atoms with E-state index in [4.69, 9.17) is 10.7 Å². The molecule has 0 aliphatic rings. The highest BCUT2D eigenvalue weighted by Crippen LogP contribution is 2.35. The Bertz CT molecular complexity index is 1420. The Kier molecular flexibility index (Phi) is 7.89. The Balaban J connectivity index is 0.00000361. The quantitative estimate of drug-likeness (QED) is 0.334. The Morgan fingerprint density at radius 1 is 1.08 bits per heavy atom. The topological polar surface area (TPSA) is 112 Å². The number of nitrogens with zero attached hydrogens (tertiary/aromatic N) is 3. The van der Waals surface area contributed by atoms with Crippen LogP contribution in [0.4, 0.5) is 10.5 Å². The normalized spacial score (nSPS) is 12.3. The molecule has 0 fully saturated rings. The first kappa shape index (κ1) is 26.2. The van der Waals surface area contributed by atoms with Crippen LogP contribution in [-0.4, -0.2) is 33.5 Å². The minimum absolute atomic E-state index is 0. The summed E-state index contributed by atoms with van der Waals surface area (Å²) in [6.45, 7) is 5.28. The summed E-state index contributed by atoms with van der Waals surface area (Å²) in [6.07, 6.45) is 4.96. The number of carbonyl (C=O) groups is 2. The van der Waals surface area contributed by atoms with Crippen LogP contribution in [0.25, 0.3) is 27.7 Å². The van der Waals surface area contributed by atoms with E-state index in [1.807, 2.05) is 42.6 Å². The second-order valence-corrected chi connectivity index (χ2v) is 8.28. The molecule has 0 unspecified atom stereocenters. The fourth-order valence-corrected chi connectivity index (χ4v) is 4.17.